The van der Waals surface area contributed by atoms with Crippen LogP contribution in [-0.4, -0.2) is 11.6 Å². The molecule has 3 rings (SSSR count). The van der Waals surface area contributed by atoms with Crippen molar-refractivity contribution in [3.8, 4) is 5.75 Å². The molecule has 1 aliphatic rings. The van der Waals surface area contributed by atoms with Gasteiger partial charge in [-0.05, 0) is 73.3 Å². The molecule has 2 nitrogen and oxygen atoms in total. The molecule has 0 amide bonds. The van der Waals surface area contributed by atoms with Crippen molar-refractivity contribution in [3.63, 3.8) is 0 Å². The summed E-state index contributed by atoms with van der Waals surface area (Å²) in [5.41, 5.74) is 2.15. The summed E-state index contributed by atoms with van der Waals surface area (Å²) in [6.07, 6.45) is 7.75. The van der Waals surface area contributed by atoms with Gasteiger partial charge in [0.15, 0.2) is 5.82 Å². The Morgan fingerprint density at radius 2 is 1.64 bits per heavy atom. The second kappa shape index (κ2) is 8.41. The first-order valence-corrected chi connectivity index (χ1v) is 9.21. The summed E-state index contributed by atoms with van der Waals surface area (Å²) in [4.78, 5) is 3.52. The zero-order valence-electron chi connectivity index (χ0n) is 14.7. The average molecular weight is 345 g/mol. The van der Waals surface area contributed by atoms with Gasteiger partial charge < -0.3 is 4.74 Å². The molecule has 0 spiro atoms. The van der Waals surface area contributed by atoms with Gasteiger partial charge in [-0.1, -0.05) is 25.5 Å². The minimum Gasteiger partial charge on any atom is -0.494 e. The van der Waals surface area contributed by atoms with Crippen LogP contribution in [0.25, 0.3) is 0 Å². The molecular formula is C21H25F2NO. The molecule has 0 N–H and O–H groups in total. The number of aromatic nitrogens is 1. The summed E-state index contributed by atoms with van der Waals surface area (Å²) in [7, 11) is 0. The second-order valence-electron chi connectivity index (χ2n) is 6.86. The Morgan fingerprint density at radius 3 is 2.24 bits per heavy atom. The molecule has 0 unspecified atom stereocenters. The van der Waals surface area contributed by atoms with Gasteiger partial charge in [-0.3, -0.25) is 0 Å². The number of halogens is 2. The fourth-order valence-electron chi connectivity index (χ4n) is 3.59. The molecule has 0 aliphatic heterocycles. The molecule has 4 heteroatoms. The Kier molecular flexibility index (Phi) is 6.00. The molecule has 0 atom stereocenters. The van der Waals surface area contributed by atoms with E-state index in [0.29, 0.717) is 5.92 Å². The molecule has 25 heavy (non-hydrogen) atoms. The first-order chi connectivity index (χ1) is 12.2. The van der Waals surface area contributed by atoms with E-state index in [-0.39, 0.29) is 5.92 Å². The largest absolute Gasteiger partial charge is 0.494 e. The van der Waals surface area contributed by atoms with Gasteiger partial charge in [0.05, 0.1) is 6.61 Å². The third kappa shape index (κ3) is 4.56. The second-order valence-corrected chi connectivity index (χ2v) is 6.86. The Balaban J connectivity index is 1.55. The van der Waals surface area contributed by atoms with Crippen molar-refractivity contribution in [2.75, 3.05) is 6.61 Å². The summed E-state index contributed by atoms with van der Waals surface area (Å²) in [6, 6.07) is 9.72. The van der Waals surface area contributed by atoms with Crippen molar-refractivity contribution < 1.29 is 13.5 Å². The number of pyridine rings is 1. The van der Waals surface area contributed by atoms with E-state index in [4.69, 9.17) is 4.74 Å². The number of nitrogens with zero attached hydrogens (tertiary/aromatic N) is 1. The highest BCUT2D eigenvalue weighted by Crippen LogP contribution is 2.40. The van der Waals surface area contributed by atoms with E-state index in [1.54, 1.807) is 0 Å². The lowest BCUT2D eigenvalue weighted by atomic mass is 9.76. The number of ether oxygens (including phenoxy) is 1. The summed E-state index contributed by atoms with van der Waals surface area (Å²) < 4.78 is 32.1. The van der Waals surface area contributed by atoms with Crippen molar-refractivity contribution in [2.24, 2.45) is 0 Å². The summed E-state index contributed by atoms with van der Waals surface area (Å²) >= 11 is 0. The number of benzene rings is 1. The SMILES string of the molecule is CCCCOc1ccc([C@H]2CC[C@H](c3cnc(F)c(F)c3)CC2)cc1. The topological polar surface area (TPSA) is 22.1 Å². The van der Waals surface area contributed by atoms with E-state index in [2.05, 4.69) is 36.2 Å². The number of unbranched alkanes of at least 4 members (excludes halogenated alkanes) is 1. The minimum atomic E-state index is -1.02. The fraction of sp³-hybridized carbons (Fsp3) is 0.476. The lowest BCUT2D eigenvalue weighted by Crippen LogP contribution is -2.13. The van der Waals surface area contributed by atoms with Crippen LogP contribution in [0.3, 0.4) is 0 Å². The van der Waals surface area contributed by atoms with Crippen molar-refractivity contribution in [3.05, 3.63) is 59.4 Å². The van der Waals surface area contributed by atoms with E-state index in [9.17, 15) is 8.78 Å². The summed E-state index contributed by atoms with van der Waals surface area (Å²) in [5.74, 6) is -0.134. The molecule has 1 aromatic carbocycles. The molecule has 134 valence electrons. The van der Waals surface area contributed by atoms with E-state index in [0.717, 1.165) is 56.4 Å². The zero-order valence-corrected chi connectivity index (χ0v) is 14.7. The van der Waals surface area contributed by atoms with Crippen LogP contribution in [0.1, 0.15) is 68.4 Å². The maximum atomic E-state index is 13.4. The standard InChI is InChI=1S/C21H25F2NO/c1-2-3-12-25-19-10-8-16(9-11-19)15-4-6-17(7-5-15)18-13-20(22)21(23)24-14-18/h8-11,13-15,17H,2-7,12H2,1H3/t15-,17-. The Labute approximate surface area is 148 Å². The minimum absolute atomic E-state index is 0.274. The van der Waals surface area contributed by atoms with E-state index >= 15 is 0 Å². The van der Waals surface area contributed by atoms with Gasteiger partial charge in [0.2, 0.25) is 5.95 Å². The molecular weight excluding hydrogens is 320 g/mol. The lowest BCUT2D eigenvalue weighted by Gasteiger charge is -2.29. The molecule has 1 saturated carbocycles. The number of hydrogen-bond donors (Lipinski definition) is 0. The van der Waals surface area contributed by atoms with Gasteiger partial charge >= 0.3 is 0 Å². The molecule has 0 radical (unpaired) electrons. The fourth-order valence-corrected chi connectivity index (χ4v) is 3.59. The number of hydrogen-bond acceptors (Lipinski definition) is 2. The van der Waals surface area contributed by atoms with Crippen LogP contribution in [0.4, 0.5) is 8.78 Å². The van der Waals surface area contributed by atoms with Gasteiger partial charge in [0.25, 0.3) is 0 Å². The van der Waals surface area contributed by atoms with Crippen molar-refractivity contribution in [1.29, 1.82) is 0 Å². The maximum Gasteiger partial charge on any atom is 0.248 e. The monoisotopic (exact) mass is 345 g/mol. The average Bonchev–Trinajstić information content (AvgIpc) is 2.65. The predicted octanol–water partition coefficient (Wildman–Crippen LogP) is 5.98. The van der Waals surface area contributed by atoms with Crippen LogP contribution in [0.2, 0.25) is 0 Å². The number of rotatable bonds is 6. The van der Waals surface area contributed by atoms with E-state index in [1.807, 2.05) is 0 Å². The van der Waals surface area contributed by atoms with E-state index < -0.39 is 11.8 Å². The first-order valence-electron chi connectivity index (χ1n) is 9.21. The van der Waals surface area contributed by atoms with Crippen molar-refractivity contribution in [2.45, 2.75) is 57.3 Å². The molecule has 0 bridgehead atoms. The zero-order chi connectivity index (χ0) is 17.6. The quantitative estimate of drug-likeness (QED) is 0.474. The van der Waals surface area contributed by atoms with E-state index in [1.165, 1.54) is 17.8 Å². The molecule has 1 heterocycles. The van der Waals surface area contributed by atoms with Gasteiger partial charge in [0.1, 0.15) is 5.75 Å². The smallest absolute Gasteiger partial charge is 0.248 e. The van der Waals surface area contributed by atoms with Gasteiger partial charge in [-0.15, -0.1) is 0 Å². The van der Waals surface area contributed by atoms with Gasteiger partial charge in [0, 0.05) is 6.20 Å². The highest BCUT2D eigenvalue weighted by molar-refractivity contribution is 5.30. The maximum absolute atomic E-state index is 13.4. The van der Waals surface area contributed by atoms with Crippen LogP contribution in [0, 0.1) is 11.8 Å². The Bertz CT molecular complexity index is 679. The highest BCUT2D eigenvalue weighted by atomic mass is 19.2. The van der Waals surface area contributed by atoms with Crippen LogP contribution >= 0.6 is 0 Å². The van der Waals surface area contributed by atoms with Crippen LogP contribution in [0.5, 0.6) is 5.75 Å². The lowest BCUT2D eigenvalue weighted by molar-refractivity contribution is 0.309. The van der Waals surface area contributed by atoms with Crippen LogP contribution in [-0.2, 0) is 0 Å². The van der Waals surface area contributed by atoms with Crippen LogP contribution in [0.15, 0.2) is 36.5 Å². The predicted molar refractivity (Wildman–Crippen MR) is 94.9 cm³/mol. The molecule has 1 aliphatic carbocycles. The summed E-state index contributed by atoms with van der Waals surface area (Å²) in [6.45, 7) is 2.92. The highest BCUT2D eigenvalue weighted by Gasteiger charge is 2.24. The molecule has 2 aromatic rings. The van der Waals surface area contributed by atoms with Crippen molar-refractivity contribution in [1.82, 2.24) is 4.98 Å². The molecule has 0 saturated heterocycles. The third-order valence-electron chi connectivity index (χ3n) is 5.13. The first kappa shape index (κ1) is 17.8. The Hall–Kier alpha value is -1.97. The third-order valence-corrected chi connectivity index (χ3v) is 5.13. The summed E-state index contributed by atoms with van der Waals surface area (Å²) in [5, 5.41) is 0. The Morgan fingerprint density at radius 1 is 1.00 bits per heavy atom. The molecule has 1 aromatic heterocycles. The van der Waals surface area contributed by atoms with Gasteiger partial charge in [-0.25, -0.2) is 9.37 Å². The van der Waals surface area contributed by atoms with Gasteiger partial charge in [-0.2, -0.15) is 4.39 Å². The van der Waals surface area contributed by atoms with Crippen LogP contribution < -0.4 is 4.74 Å². The molecule has 1 fully saturated rings. The normalized spacial score (nSPS) is 20.4. The van der Waals surface area contributed by atoms with Crippen molar-refractivity contribution >= 4 is 0 Å².